The zero-order valence-corrected chi connectivity index (χ0v) is 11.0. The summed E-state index contributed by atoms with van der Waals surface area (Å²) in [5.41, 5.74) is 2.43. The SMILES string of the molecule is C=C1C(=O)NC(c2ccc(C)cc2O)=CN1/C=C\C. The van der Waals surface area contributed by atoms with Crippen molar-refractivity contribution in [3.8, 4) is 5.75 Å². The predicted octanol–water partition coefficient (Wildman–Crippen LogP) is 2.48. The van der Waals surface area contributed by atoms with Gasteiger partial charge in [0.25, 0.3) is 5.91 Å². The predicted molar refractivity (Wildman–Crippen MR) is 74.8 cm³/mol. The van der Waals surface area contributed by atoms with Crippen molar-refractivity contribution in [2.24, 2.45) is 0 Å². The van der Waals surface area contributed by atoms with E-state index in [0.29, 0.717) is 17.0 Å². The minimum Gasteiger partial charge on any atom is -0.507 e. The Kier molecular flexibility index (Phi) is 3.42. The van der Waals surface area contributed by atoms with Crippen LogP contribution in [0.4, 0.5) is 0 Å². The smallest absolute Gasteiger partial charge is 0.272 e. The van der Waals surface area contributed by atoms with E-state index in [1.54, 1.807) is 29.4 Å². The van der Waals surface area contributed by atoms with E-state index < -0.39 is 0 Å². The van der Waals surface area contributed by atoms with Crippen LogP contribution < -0.4 is 5.32 Å². The molecule has 0 radical (unpaired) electrons. The fourth-order valence-electron chi connectivity index (χ4n) is 1.86. The fraction of sp³-hybridized carbons (Fsp3) is 0.133. The van der Waals surface area contributed by atoms with Gasteiger partial charge in [-0.25, -0.2) is 0 Å². The molecule has 1 aliphatic heterocycles. The Labute approximate surface area is 112 Å². The first-order valence-corrected chi connectivity index (χ1v) is 5.96. The van der Waals surface area contributed by atoms with Crippen LogP contribution in [0.1, 0.15) is 18.1 Å². The molecule has 1 aliphatic rings. The highest BCUT2D eigenvalue weighted by Gasteiger charge is 2.21. The van der Waals surface area contributed by atoms with Crippen LogP contribution in [0.2, 0.25) is 0 Å². The largest absolute Gasteiger partial charge is 0.507 e. The average Bonchev–Trinajstić information content (AvgIpc) is 2.35. The minimum atomic E-state index is -0.282. The Morgan fingerprint density at radius 2 is 2.16 bits per heavy atom. The van der Waals surface area contributed by atoms with E-state index in [2.05, 4.69) is 11.9 Å². The molecule has 0 aliphatic carbocycles. The van der Waals surface area contributed by atoms with Gasteiger partial charge in [-0.1, -0.05) is 18.7 Å². The van der Waals surface area contributed by atoms with Gasteiger partial charge in [-0.3, -0.25) is 4.79 Å². The lowest BCUT2D eigenvalue weighted by Gasteiger charge is -2.26. The van der Waals surface area contributed by atoms with E-state index in [-0.39, 0.29) is 11.7 Å². The molecule has 1 aromatic rings. The zero-order chi connectivity index (χ0) is 14.0. The van der Waals surface area contributed by atoms with Gasteiger partial charge >= 0.3 is 0 Å². The molecule has 19 heavy (non-hydrogen) atoms. The number of rotatable bonds is 2. The maximum Gasteiger partial charge on any atom is 0.272 e. The average molecular weight is 256 g/mol. The molecule has 2 rings (SSSR count). The van der Waals surface area contributed by atoms with Crippen molar-refractivity contribution in [1.29, 1.82) is 0 Å². The van der Waals surface area contributed by atoms with Gasteiger partial charge in [0.2, 0.25) is 0 Å². The molecule has 1 heterocycles. The van der Waals surface area contributed by atoms with E-state index in [0.717, 1.165) is 5.56 Å². The number of carbonyl (C=O) groups excluding carboxylic acids is 1. The van der Waals surface area contributed by atoms with Crippen LogP contribution in [0.3, 0.4) is 0 Å². The minimum absolute atomic E-state index is 0.138. The monoisotopic (exact) mass is 256 g/mol. The number of phenolic OH excluding ortho intramolecular Hbond substituents is 1. The Bertz CT molecular complexity index is 600. The van der Waals surface area contributed by atoms with Crippen molar-refractivity contribution < 1.29 is 9.90 Å². The van der Waals surface area contributed by atoms with Gasteiger partial charge in [0.15, 0.2) is 0 Å². The van der Waals surface area contributed by atoms with Crippen molar-refractivity contribution in [1.82, 2.24) is 10.2 Å². The van der Waals surface area contributed by atoms with E-state index >= 15 is 0 Å². The molecular weight excluding hydrogens is 240 g/mol. The van der Waals surface area contributed by atoms with Crippen LogP contribution in [0, 0.1) is 6.92 Å². The second-order valence-electron chi connectivity index (χ2n) is 4.35. The number of aryl methyl sites for hydroxylation is 1. The normalized spacial score (nSPS) is 15.7. The Balaban J connectivity index is 2.46. The van der Waals surface area contributed by atoms with Gasteiger partial charge in [0.1, 0.15) is 11.4 Å². The topological polar surface area (TPSA) is 52.6 Å². The molecule has 1 amide bonds. The molecule has 1 aromatic carbocycles. The van der Waals surface area contributed by atoms with Crippen molar-refractivity contribution >= 4 is 11.6 Å². The molecule has 2 N–H and O–H groups in total. The number of phenols is 1. The van der Waals surface area contributed by atoms with Crippen molar-refractivity contribution in [3.63, 3.8) is 0 Å². The van der Waals surface area contributed by atoms with Crippen LogP contribution >= 0.6 is 0 Å². The highest BCUT2D eigenvalue weighted by molar-refractivity contribution is 6.00. The highest BCUT2D eigenvalue weighted by Crippen LogP contribution is 2.27. The second-order valence-corrected chi connectivity index (χ2v) is 4.35. The van der Waals surface area contributed by atoms with Gasteiger partial charge in [0.05, 0.1) is 5.70 Å². The summed E-state index contributed by atoms with van der Waals surface area (Å²) < 4.78 is 0. The number of aromatic hydroxyl groups is 1. The first kappa shape index (κ1) is 13.0. The highest BCUT2D eigenvalue weighted by atomic mass is 16.3. The van der Waals surface area contributed by atoms with Crippen LogP contribution in [-0.4, -0.2) is 15.9 Å². The molecule has 4 nitrogen and oxygen atoms in total. The first-order valence-electron chi connectivity index (χ1n) is 5.96. The Morgan fingerprint density at radius 3 is 2.79 bits per heavy atom. The molecule has 4 heteroatoms. The summed E-state index contributed by atoms with van der Waals surface area (Å²) in [6.45, 7) is 7.47. The van der Waals surface area contributed by atoms with Crippen molar-refractivity contribution in [2.45, 2.75) is 13.8 Å². The molecular formula is C15H16N2O2. The lowest BCUT2D eigenvalue weighted by molar-refractivity contribution is -0.117. The summed E-state index contributed by atoms with van der Waals surface area (Å²) in [5.74, 6) is -0.143. The third kappa shape index (κ3) is 2.52. The third-order valence-corrected chi connectivity index (χ3v) is 2.84. The number of nitrogens with one attached hydrogen (secondary N) is 1. The Morgan fingerprint density at radius 1 is 1.42 bits per heavy atom. The summed E-state index contributed by atoms with van der Waals surface area (Å²) in [5, 5.41) is 12.7. The molecule has 0 aromatic heterocycles. The maximum absolute atomic E-state index is 11.8. The first-order chi connectivity index (χ1) is 9.02. The number of nitrogens with zero attached hydrogens (tertiary/aromatic N) is 1. The van der Waals surface area contributed by atoms with Crippen molar-refractivity contribution in [3.05, 3.63) is 60.1 Å². The maximum atomic E-state index is 11.8. The lowest BCUT2D eigenvalue weighted by Crippen LogP contribution is -2.34. The molecule has 0 spiro atoms. The number of allylic oxidation sites excluding steroid dienone is 1. The van der Waals surface area contributed by atoms with Crippen LogP contribution in [0.15, 0.2) is 49.0 Å². The van der Waals surface area contributed by atoms with Crippen LogP contribution in [0.5, 0.6) is 5.75 Å². The van der Waals surface area contributed by atoms with Crippen molar-refractivity contribution in [2.75, 3.05) is 0 Å². The van der Waals surface area contributed by atoms with E-state index in [1.807, 2.05) is 26.0 Å². The molecule has 0 fully saturated rings. The number of carbonyl (C=O) groups is 1. The second kappa shape index (κ2) is 5.02. The van der Waals surface area contributed by atoms with E-state index in [9.17, 15) is 9.90 Å². The van der Waals surface area contributed by atoms with E-state index in [1.165, 1.54) is 0 Å². The zero-order valence-electron chi connectivity index (χ0n) is 11.0. The molecule has 0 saturated carbocycles. The molecule has 0 unspecified atom stereocenters. The standard InChI is InChI=1S/C15H16N2O2/c1-4-7-17-9-13(16-15(19)11(17)3)12-6-5-10(2)8-14(12)18/h4-9,18H,3H2,1-2H3,(H,16,19)/b7-4-. The Hall–Kier alpha value is -2.49. The summed E-state index contributed by atoms with van der Waals surface area (Å²) in [6.07, 6.45) is 5.29. The summed E-state index contributed by atoms with van der Waals surface area (Å²) in [6, 6.07) is 5.32. The number of amides is 1. The van der Waals surface area contributed by atoms with Gasteiger partial charge in [-0.2, -0.15) is 0 Å². The number of hydrogen-bond donors (Lipinski definition) is 2. The molecule has 0 bridgehead atoms. The number of benzene rings is 1. The van der Waals surface area contributed by atoms with E-state index in [4.69, 9.17) is 0 Å². The summed E-state index contributed by atoms with van der Waals surface area (Å²) >= 11 is 0. The van der Waals surface area contributed by atoms with Gasteiger partial charge in [0, 0.05) is 18.0 Å². The molecule has 98 valence electrons. The molecule has 0 saturated heterocycles. The third-order valence-electron chi connectivity index (χ3n) is 2.84. The van der Waals surface area contributed by atoms with Crippen LogP contribution in [0.25, 0.3) is 5.70 Å². The van der Waals surface area contributed by atoms with Gasteiger partial charge in [-0.05, 0) is 31.5 Å². The number of hydrogen-bond acceptors (Lipinski definition) is 3. The molecule has 0 atom stereocenters. The van der Waals surface area contributed by atoms with Gasteiger partial charge < -0.3 is 15.3 Å². The van der Waals surface area contributed by atoms with Gasteiger partial charge in [-0.15, -0.1) is 0 Å². The fourth-order valence-corrected chi connectivity index (χ4v) is 1.86. The lowest BCUT2D eigenvalue weighted by atomic mass is 10.1. The quantitative estimate of drug-likeness (QED) is 0.799. The summed E-state index contributed by atoms with van der Waals surface area (Å²) in [7, 11) is 0. The summed E-state index contributed by atoms with van der Waals surface area (Å²) in [4.78, 5) is 13.5. The van der Waals surface area contributed by atoms with Crippen LogP contribution in [-0.2, 0) is 4.79 Å².